The fraction of sp³-hybridized carbons (Fsp3) is 0.235. The number of ether oxygens (including phenoxy) is 3. The van der Waals surface area contributed by atoms with Gasteiger partial charge >= 0.3 is 6.16 Å². The molecule has 2 aromatic rings. The summed E-state index contributed by atoms with van der Waals surface area (Å²) in [6, 6.07) is 14.9. The highest BCUT2D eigenvalue weighted by Crippen LogP contribution is 2.31. The van der Waals surface area contributed by atoms with Crippen LogP contribution in [-0.4, -0.2) is 34.8 Å². The van der Waals surface area contributed by atoms with E-state index in [-0.39, 0.29) is 18.0 Å². The molecule has 1 unspecified atom stereocenters. The maximum absolute atomic E-state index is 12.5. The van der Waals surface area contributed by atoms with Crippen LogP contribution < -0.4 is 9.46 Å². The summed E-state index contributed by atoms with van der Waals surface area (Å²) in [5.41, 5.74) is -0.545. The maximum atomic E-state index is 12.5. The Kier molecular flexibility index (Phi) is 4.65. The van der Waals surface area contributed by atoms with Gasteiger partial charge in [-0.1, -0.05) is 30.3 Å². The molecule has 0 radical (unpaired) electrons. The number of hydrogen-bond donors (Lipinski definition) is 1. The predicted octanol–water partition coefficient (Wildman–Crippen LogP) is 2.04. The van der Waals surface area contributed by atoms with Crippen molar-refractivity contribution in [3.05, 3.63) is 60.2 Å². The van der Waals surface area contributed by atoms with Gasteiger partial charge in [-0.2, -0.15) is 0 Å². The third-order valence-electron chi connectivity index (χ3n) is 3.92. The fourth-order valence-electron chi connectivity index (χ4n) is 2.52. The quantitative estimate of drug-likeness (QED) is 0.790. The smallest absolute Gasteiger partial charge is 0.497 e. The van der Waals surface area contributed by atoms with E-state index in [9.17, 15) is 13.2 Å². The summed E-state index contributed by atoms with van der Waals surface area (Å²) in [6.07, 6.45) is -0.826. The zero-order valence-electron chi connectivity index (χ0n) is 13.5. The van der Waals surface area contributed by atoms with E-state index in [2.05, 4.69) is 4.72 Å². The topological polar surface area (TPSA) is 90.9 Å². The molecule has 132 valence electrons. The Hall–Kier alpha value is -2.58. The summed E-state index contributed by atoms with van der Waals surface area (Å²) in [7, 11) is -2.29. The van der Waals surface area contributed by atoms with Crippen molar-refractivity contribution in [2.75, 3.05) is 20.3 Å². The second-order valence-electron chi connectivity index (χ2n) is 5.50. The van der Waals surface area contributed by atoms with E-state index in [1.54, 1.807) is 36.4 Å². The summed E-state index contributed by atoms with van der Waals surface area (Å²) in [6.45, 7) is -0.210. The van der Waals surface area contributed by atoms with Crippen LogP contribution in [0.3, 0.4) is 0 Å². The number of hydrogen-bond acceptors (Lipinski definition) is 6. The van der Waals surface area contributed by atoms with Gasteiger partial charge in [0.1, 0.15) is 12.4 Å². The van der Waals surface area contributed by atoms with E-state index in [1.807, 2.05) is 6.07 Å². The molecule has 1 aliphatic heterocycles. The number of carbonyl (C=O) groups is 1. The first-order valence-corrected chi connectivity index (χ1v) is 8.99. The Balaban J connectivity index is 1.82. The first kappa shape index (κ1) is 17.2. The van der Waals surface area contributed by atoms with Gasteiger partial charge in [0.25, 0.3) is 0 Å². The molecule has 8 heteroatoms. The molecule has 0 aromatic heterocycles. The van der Waals surface area contributed by atoms with Crippen LogP contribution in [0.2, 0.25) is 0 Å². The highest BCUT2D eigenvalue weighted by atomic mass is 32.2. The third kappa shape index (κ3) is 3.59. The molecule has 0 aliphatic carbocycles. The van der Waals surface area contributed by atoms with Gasteiger partial charge in [0.15, 0.2) is 5.60 Å². The lowest BCUT2D eigenvalue weighted by molar-refractivity contribution is 0.0582. The molecule has 1 saturated heterocycles. The van der Waals surface area contributed by atoms with E-state index in [0.29, 0.717) is 11.3 Å². The van der Waals surface area contributed by atoms with Crippen molar-refractivity contribution >= 4 is 16.2 Å². The molecule has 0 spiro atoms. The number of benzene rings is 2. The number of nitrogens with one attached hydrogen (secondary N) is 1. The van der Waals surface area contributed by atoms with Crippen LogP contribution in [0.15, 0.2) is 59.5 Å². The lowest BCUT2D eigenvalue weighted by atomic mass is 9.95. The number of rotatable bonds is 6. The molecule has 1 heterocycles. The summed E-state index contributed by atoms with van der Waals surface area (Å²) >= 11 is 0. The van der Waals surface area contributed by atoms with E-state index < -0.39 is 21.8 Å². The molecule has 25 heavy (non-hydrogen) atoms. The molecular weight excluding hydrogens is 346 g/mol. The van der Waals surface area contributed by atoms with Gasteiger partial charge in [-0.25, -0.2) is 17.9 Å². The minimum atomic E-state index is -3.79. The maximum Gasteiger partial charge on any atom is 0.509 e. The molecule has 0 amide bonds. The summed E-state index contributed by atoms with van der Waals surface area (Å²) in [5, 5.41) is 0. The lowest BCUT2D eigenvalue weighted by Gasteiger charge is -2.25. The highest BCUT2D eigenvalue weighted by Gasteiger charge is 2.44. The van der Waals surface area contributed by atoms with Crippen molar-refractivity contribution in [2.24, 2.45) is 0 Å². The summed E-state index contributed by atoms with van der Waals surface area (Å²) in [5.74, 6) is 0.554. The average Bonchev–Trinajstić information content (AvgIpc) is 3.03. The largest absolute Gasteiger partial charge is 0.509 e. The van der Waals surface area contributed by atoms with Crippen molar-refractivity contribution in [3.63, 3.8) is 0 Å². The monoisotopic (exact) mass is 363 g/mol. The second-order valence-corrected chi connectivity index (χ2v) is 7.27. The number of methoxy groups -OCH3 is 1. The SMILES string of the molecule is COc1ccc(S(=O)(=O)NCC2(c3ccccc3)COC(=O)O2)cc1. The predicted molar refractivity (Wildman–Crippen MR) is 88.7 cm³/mol. The van der Waals surface area contributed by atoms with Crippen LogP contribution in [0.1, 0.15) is 5.56 Å². The zero-order valence-corrected chi connectivity index (χ0v) is 14.3. The third-order valence-corrected chi connectivity index (χ3v) is 5.34. The number of sulfonamides is 1. The van der Waals surface area contributed by atoms with Gasteiger partial charge in [-0.05, 0) is 24.3 Å². The Bertz CT molecular complexity index is 850. The molecule has 0 saturated carbocycles. The summed E-state index contributed by atoms with van der Waals surface area (Å²) < 4.78 is 42.7. The van der Waals surface area contributed by atoms with Gasteiger partial charge in [0.2, 0.25) is 10.0 Å². The molecule has 1 fully saturated rings. The van der Waals surface area contributed by atoms with Crippen molar-refractivity contribution < 1.29 is 27.4 Å². The van der Waals surface area contributed by atoms with Gasteiger partial charge in [-0.3, -0.25) is 0 Å². The fourth-order valence-corrected chi connectivity index (χ4v) is 3.60. The zero-order chi connectivity index (χ0) is 17.9. The van der Waals surface area contributed by atoms with Gasteiger partial charge in [-0.15, -0.1) is 0 Å². The normalized spacial score (nSPS) is 20.0. The Morgan fingerprint density at radius 1 is 1.12 bits per heavy atom. The number of cyclic esters (lactones) is 2. The van der Waals surface area contributed by atoms with Crippen LogP contribution in [-0.2, 0) is 25.1 Å². The molecule has 1 atom stereocenters. The van der Waals surface area contributed by atoms with E-state index in [4.69, 9.17) is 14.2 Å². The minimum absolute atomic E-state index is 0.0685. The van der Waals surface area contributed by atoms with Gasteiger partial charge in [0.05, 0.1) is 18.6 Å². The van der Waals surface area contributed by atoms with Crippen LogP contribution in [0.5, 0.6) is 5.75 Å². The highest BCUT2D eigenvalue weighted by molar-refractivity contribution is 7.89. The van der Waals surface area contributed by atoms with Crippen molar-refractivity contribution in [3.8, 4) is 5.75 Å². The Labute approximate surface area is 145 Å². The molecule has 0 bridgehead atoms. The minimum Gasteiger partial charge on any atom is -0.497 e. The first-order valence-electron chi connectivity index (χ1n) is 7.50. The molecule has 2 aromatic carbocycles. The summed E-state index contributed by atoms with van der Waals surface area (Å²) in [4.78, 5) is 11.5. The van der Waals surface area contributed by atoms with Crippen molar-refractivity contribution in [1.82, 2.24) is 4.72 Å². The molecule has 1 N–H and O–H groups in total. The standard InChI is InChI=1S/C17H17NO6S/c1-22-14-7-9-15(10-8-14)25(20,21)18-11-17(12-23-16(19)24-17)13-5-3-2-4-6-13/h2-10,18H,11-12H2,1H3. The molecule has 1 aliphatic rings. The molecular formula is C17H17NO6S. The van der Waals surface area contributed by atoms with Crippen molar-refractivity contribution in [1.29, 1.82) is 0 Å². The lowest BCUT2D eigenvalue weighted by Crippen LogP contribution is -2.42. The van der Waals surface area contributed by atoms with Crippen molar-refractivity contribution in [2.45, 2.75) is 10.5 Å². The van der Waals surface area contributed by atoms with Crippen LogP contribution in [0, 0.1) is 0 Å². The van der Waals surface area contributed by atoms with E-state index in [1.165, 1.54) is 19.2 Å². The van der Waals surface area contributed by atoms with Gasteiger partial charge < -0.3 is 14.2 Å². The first-order chi connectivity index (χ1) is 12.0. The van der Waals surface area contributed by atoms with E-state index >= 15 is 0 Å². The van der Waals surface area contributed by atoms with E-state index in [0.717, 1.165) is 0 Å². The van der Waals surface area contributed by atoms with Crippen LogP contribution in [0.4, 0.5) is 4.79 Å². The second kappa shape index (κ2) is 6.73. The number of carbonyl (C=O) groups excluding carboxylic acids is 1. The van der Waals surface area contributed by atoms with Gasteiger partial charge in [0, 0.05) is 5.56 Å². The average molecular weight is 363 g/mol. The Morgan fingerprint density at radius 2 is 1.80 bits per heavy atom. The van der Waals surface area contributed by atoms with Crippen LogP contribution >= 0.6 is 0 Å². The Morgan fingerprint density at radius 3 is 2.36 bits per heavy atom. The molecule has 7 nitrogen and oxygen atoms in total. The molecule has 3 rings (SSSR count). The van der Waals surface area contributed by atoms with Crippen LogP contribution in [0.25, 0.3) is 0 Å².